The Labute approximate surface area is 121 Å². The number of ether oxygens (including phenoxy) is 1. The Balaban J connectivity index is 3.02. The molecule has 0 unspecified atom stereocenters. The number of carboxylic acids is 1. The van der Waals surface area contributed by atoms with E-state index < -0.39 is 35.6 Å². The molecule has 0 aliphatic carbocycles. The zero-order valence-electron chi connectivity index (χ0n) is 11.9. The highest BCUT2D eigenvalue weighted by Gasteiger charge is 2.28. The van der Waals surface area contributed by atoms with Crippen LogP contribution in [0.4, 0.5) is 9.18 Å². The average molecular weight is 298 g/mol. The van der Waals surface area contributed by atoms with Gasteiger partial charge in [0.25, 0.3) is 0 Å². The first-order valence-electron chi connectivity index (χ1n) is 6.24. The van der Waals surface area contributed by atoms with E-state index in [0.29, 0.717) is 0 Å². The molecule has 0 fully saturated rings. The van der Waals surface area contributed by atoms with Gasteiger partial charge in [-0.3, -0.25) is 0 Å². The molecule has 0 saturated heterocycles. The number of hydrogen-bond acceptors (Lipinski definition) is 5. The van der Waals surface area contributed by atoms with Crippen LogP contribution >= 0.6 is 0 Å². The summed E-state index contributed by atoms with van der Waals surface area (Å²) < 4.78 is 18.7. The summed E-state index contributed by atoms with van der Waals surface area (Å²) in [6, 6.07) is 3.66. The molecule has 1 amide bonds. The molecular weight excluding hydrogens is 281 g/mol. The molecule has 0 heterocycles. The largest absolute Gasteiger partial charge is 0.547 e. The Morgan fingerprint density at radius 1 is 1.33 bits per heavy atom. The van der Waals surface area contributed by atoms with Crippen molar-refractivity contribution in [2.45, 2.75) is 38.5 Å². The van der Waals surface area contributed by atoms with Gasteiger partial charge in [0.1, 0.15) is 17.5 Å². The van der Waals surface area contributed by atoms with Crippen LogP contribution in [0.25, 0.3) is 0 Å². The van der Waals surface area contributed by atoms with Crippen molar-refractivity contribution in [2.75, 3.05) is 0 Å². The van der Waals surface area contributed by atoms with Gasteiger partial charge in [-0.15, -0.1) is 0 Å². The van der Waals surface area contributed by atoms with Crippen LogP contribution in [0.3, 0.4) is 0 Å². The van der Waals surface area contributed by atoms with E-state index >= 15 is 0 Å². The second kappa shape index (κ2) is 6.53. The van der Waals surface area contributed by atoms with E-state index in [4.69, 9.17) is 4.74 Å². The summed E-state index contributed by atoms with van der Waals surface area (Å²) in [4.78, 5) is 22.5. The summed E-state index contributed by atoms with van der Waals surface area (Å²) >= 11 is 0. The Morgan fingerprint density at radius 3 is 2.38 bits per heavy atom. The summed E-state index contributed by atoms with van der Waals surface area (Å²) in [6.07, 6.45) is -3.09. The minimum Gasteiger partial charge on any atom is -0.547 e. The maximum absolute atomic E-state index is 13.7. The second-order valence-corrected chi connectivity index (χ2v) is 5.41. The van der Waals surface area contributed by atoms with Gasteiger partial charge < -0.3 is 25.1 Å². The fraction of sp³-hybridized carbons (Fsp3) is 0.429. The van der Waals surface area contributed by atoms with Gasteiger partial charge in [-0.25, -0.2) is 9.18 Å². The Kier molecular flexibility index (Phi) is 5.26. The number of rotatable bonds is 4. The normalized spacial score (nSPS) is 14.1. The van der Waals surface area contributed by atoms with E-state index in [9.17, 15) is 24.2 Å². The fourth-order valence-corrected chi connectivity index (χ4v) is 1.62. The number of benzene rings is 1. The van der Waals surface area contributed by atoms with Crippen LogP contribution < -0.4 is 10.4 Å². The molecule has 0 aromatic heterocycles. The van der Waals surface area contributed by atoms with Crippen molar-refractivity contribution in [3.8, 4) is 0 Å². The van der Waals surface area contributed by atoms with Crippen molar-refractivity contribution in [1.29, 1.82) is 0 Å². The van der Waals surface area contributed by atoms with Crippen molar-refractivity contribution < 1.29 is 28.9 Å². The minimum absolute atomic E-state index is 0.181. The Bertz CT molecular complexity index is 526. The standard InChI is InChI=1S/C14H18FNO5/c1-14(2,3)21-13(20)16-10(11(17)12(18)19)8-6-4-5-7-9(8)15/h4-7,10-11,17H,1-3H3,(H,16,20)(H,18,19)/p-1/t10-,11+/m0/s1. The van der Waals surface area contributed by atoms with Gasteiger partial charge >= 0.3 is 6.09 Å². The second-order valence-electron chi connectivity index (χ2n) is 5.41. The molecule has 7 heteroatoms. The van der Waals surface area contributed by atoms with Crippen LogP contribution in [0, 0.1) is 5.82 Å². The molecule has 0 spiro atoms. The number of aliphatic carboxylic acids is 1. The third-order valence-electron chi connectivity index (χ3n) is 2.47. The third-order valence-corrected chi connectivity index (χ3v) is 2.47. The number of alkyl carbamates (subject to hydrolysis) is 1. The van der Waals surface area contributed by atoms with Crippen molar-refractivity contribution in [3.63, 3.8) is 0 Å². The van der Waals surface area contributed by atoms with Crippen LogP contribution in [0.1, 0.15) is 32.4 Å². The smallest absolute Gasteiger partial charge is 0.408 e. The van der Waals surface area contributed by atoms with E-state index in [-0.39, 0.29) is 5.56 Å². The molecule has 0 aliphatic rings. The highest BCUT2D eigenvalue weighted by Crippen LogP contribution is 2.21. The molecule has 1 aromatic carbocycles. The molecule has 1 rings (SSSR count). The summed E-state index contributed by atoms with van der Waals surface area (Å²) in [5.41, 5.74) is -1.00. The quantitative estimate of drug-likeness (QED) is 0.843. The van der Waals surface area contributed by atoms with Crippen LogP contribution in [0.2, 0.25) is 0 Å². The lowest BCUT2D eigenvalue weighted by Gasteiger charge is -2.27. The number of aliphatic hydroxyl groups excluding tert-OH is 1. The van der Waals surface area contributed by atoms with Gasteiger partial charge in [0.2, 0.25) is 0 Å². The molecule has 116 valence electrons. The van der Waals surface area contributed by atoms with E-state index in [1.54, 1.807) is 20.8 Å². The predicted octanol–water partition coefficient (Wildman–Crippen LogP) is 0.502. The molecule has 0 bridgehead atoms. The summed E-state index contributed by atoms with van der Waals surface area (Å²) in [7, 11) is 0. The van der Waals surface area contributed by atoms with Crippen molar-refractivity contribution in [1.82, 2.24) is 5.32 Å². The number of hydrogen-bond donors (Lipinski definition) is 2. The topological polar surface area (TPSA) is 98.7 Å². The first-order chi connectivity index (χ1) is 9.61. The maximum Gasteiger partial charge on any atom is 0.408 e. The van der Waals surface area contributed by atoms with Crippen LogP contribution in [0.15, 0.2) is 24.3 Å². The molecule has 1 aromatic rings. The van der Waals surface area contributed by atoms with Crippen molar-refractivity contribution in [3.05, 3.63) is 35.6 Å². The number of aliphatic hydroxyl groups is 1. The summed E-state index contributed by atoms with van der Waals surface area (Å²) in [5.74, 6) is -2.60. The lowest BCUT2D eigenvalue weighted by atomic mass is 10.0. The first kappa shape index (κ1) is 16.9. The summed E-state index contributed by atoms with van der Waals surface area (Å²) in [6.45, 7) is 4.83. The number of carbonyl (C=O) groups excluding carboxylic acids is 2. The number of amides is 1. The maximum atomic E-state index is 13.7. The molecule has 0 aliphatic heterocycles. The molecule has 6 nitrogen and oxygen atoms in total. The molecule has 21 heavy (non-hydrogen) atoms. The highest BCUT2D eigenvalue weighted by molar-refractivity contribution is 5.74. The van der Waals surface area contributed by atoms with Gasteiger partial charge in [-0.05, 0) is 26.8 Å². The zero-order chi connectivity index (χ0) is 16.2. The lowest BCUT2D eigenvalue weighted by Crippen LogP contribution is -2.47. The van der Waals surface area contributed by atoms with Crippen molar-refractivity contribution in [2.24, 2.45) is 0 Å². The van der Waals surface area contributed by atoms with Gasteiger partial charge in [0, 0.05) is 5.56 Å². The molecule has 0 radical (unpaired) electrons. The average Bonchev–Trinajstić information content (AvgIpc) is 2.34. The number of halogens is 1. The van der Waals surface area contributed by atoms with Gasteiger partial charge in [0.15, 0.2) is 0 Å². The molecule has 2 atom stereocenters. The van der Waals surface area contributed by atoms with E-state index in [1.807, 2.05) is 0 Å². The molecular formula is C14H17FNO5-. The number of nitrogens with one attached hydrogen (secondary N) is 1. The Morgan fingerprint density at radius 2 is 1.90 bits per heavy atom. The lowest BCUT2D eigenvalue weighted by molar-refractivity contribution is -0.316. The molecule has 0 saturated carbocycles. The van der Waals surface area contributed by atoms with E-state index in [0.717, 1.165) is 6.07 Å². The zero-order valence-corrected chi connectivity index (χ0v) is 11.9. The van der Waals surface area contributed by atoms with Crippen molar-refractivity contribution >= 4 is 12.1 Å². The molecule has 2 N–H and O–H groups in total. The summed E-state index contributed by atoms with van der Waals surface area (Å²) in [5, 5.41) is 22.6. The monoisotopic (exact) mass is 298 g/mol. The third kappa shape index (κ3) is 5.03. The number of carboxylic acid groups (broad SMARTS) is 1. The highest BCUT2D eigenvalue weighted by atomic mass is 19.1. The fourth-order valence-electron chi connectivity index (χ4n) is 1.62. The predicted molar refractivity (Wildman–Crippen MR) is 69.5 cm³/mol. The first-order valence-corrected chi connectivity index (χ1v) is 6.24. The van der Waals surface area contributed by atoms with Crippen LogP contribution in [-0.4, -0.2) is 28.9 Å². The van der Waals surface area contributed by atoms with E-state index in [2.05, 4.69) is 5.32 Å². The number of carbonyl (C=O) groups is 2. The van der Waals surface area contributed by atoms with Gasteiger partial charge in [-0.1, -0.05) is 18.2 Å². The Hall–Kier alpha value is -2.15. The minimum atomic E-state index is -2.12. The SMILES string of the molecule is CC(C)(C)OC(=O)N[C@@H](c1ccccc1F)[C@@H](O)C(=O)[O-]. The van der Waals surface area contributed by atoms with E-state index in [1.165, 1.54) is 18.2 Å². The van der Waals surface area contributed by atoms with Gasteiger partial charge in [0.05, 0.1) is 12.0 Å². The van der Waals surface area contributed by atoms with Crippen LogP contribution in [0.5, 0.6) is 0 Å². The van der Waals surface area contributed by atoms with Gasteiger partial charge in [-0.2, -0.15) is 0 Å². The van der Waals surface area contributed by atoms with Crippen LogP contribution in [-0.2, 0) is 9.53 Å².